The summed E-state index contributed by atoms with van der Waals surface area (Å²) in [4.78, 5) is 19.5. The fourth-order valence-corrected chi connectivity index (χ4v) is 3.71. The molecule has 2 aliphatic rings. The number of piperazine rings is 1. The van der Waals surface area contributed by atoms with Gasteiger partial charge in [0.25, 0.3) is 0 Å². The molecule has 1 aromatic rings. The Morgan fingerprint density at radius 3 is 2.65 bits per heavy atom. The Kier molecular flexibility index (Phi) is 5.26. The lowest BCUT2D eigenvalue weighted by Crippen LogP contribution is -2.60. The first-order chi connectivity index (χ1) is 11.1. The van der Waals surface area contributed by atoms with E-state index in [9.17, 15) is 4.79 Å². The molecule has 3 rings (SSSR count). The molecule has 0 unspecified atom stereocenters. The maximum absolute atomic E-state index is 12.9. The predicted octanol–water partition coefficient (Wildman–Crippen LogP) is 3.03. The first kappa shape index (κ1) is 16.4. The molecule has 0 saturated carbocycles. The molecule has 2 amide bonds. The number of furan rings is 1. The molecule has 0 radical (unpaired) electrons. The van der Waals surface area contributed by atoms with E-state index < -0.39 is 0 Å². The highest BCUT2D eigenvalue weighted by atomic mass is 16.3. The molecule has 0 spiro atoms. The van der Waals surface area contributed by atoms with Gasteiger partial charge in [0.05, 0.1) is 12.8 Å². The summed E-state index contributed by atoms with van der Waals surface area (Å²) in [6.45, 7) is 9.80. The summed E-state index contributed by atoms with van der Waals surface area (Å²) >= 11 is 0. The molecule has 3 heterocycles. The van der Waals surface area contributed by atoms with Gasteiger partial charge in [-0.1, -0.05) is 13.8 Å². The van der Waals surface area contributed by atoms with Crippen molar-refractivity contribution in [3.05, 3.63) is 24.2 Å². The summed E-state index contributed by atoms with van der Waals surface area (Å²) in [6, 6.07) is 4.50. The van der Waals surface area contributed by atoms with E-state index in [-0.39, 0.29) is 12.1 Å². The summed E-state index contributed by atoms with van der Waals surface area (Å²) in [5.74, 6) is 1.46. The van der Waals surface area contributed by atoms with Crippen molar-refractivity contribution in [3.8, 4) is 0 Å². The smallest absolute Gasteiger partial charge is 0.320 e. The van der Waals surface area contributed by atoms with E-state index in [0.717, 1.165) is 57.9 Å². The molecule has 5 nitrogen and oxygen atoms in total. The van der Waals surface area contributed by atoms with E-state index in [1.807, 2.05) is 12.1 Å². The zero-order valence-electron chi connectivity index (χ0n) is 14.4. The topological polar surface area (TPSA) is 39.9 Å². The van der Waals surface area contributed by atoms with Crippen LogP contribution >= 0.6 is 0 Å². The summed E-state index contributed by atoms with van der Waals surface area (Å²) in [6.07, 6.45) is 5.28. The molecule has 0 bridgehead atoms. The number of nitrogens with zero attached hydrogens (tertiary/aromatic N) is 3. The van der Waals surface area contributed by atoms with E-state index in [2.05, 4.69) is 28.5 Å². The van der Waals surface area contributed by atoms with Gasteiger partial charge in [-0.05, 0) is 37.3 Å². The molecule has 128 valence electrons. The van der Waals surface area contributed by atoms with Crippen LogP contribution in [0.5, 0.6) is 0 Å². The third-order valence-electron chi connectivity index (χ3n) is 5.10. The Morgan fingerprint density at radius 1 is 1.22 bits per heavy atom. The highest BCUT2D eigenvalue weighted by Crippen LogP contribution is 2.22. The van der Waals surface area contributed by atoms with Gasteiger partial charge in [0.2, 0.25) is 0 Å². The average molecular weight is 319 g/mol. The van der Waals surface area contributed by atoms with Gasteiger partial charge in [-0.15, -0.1) is 0 Å². The Balaban J connectivity index is 1.63. The molecule has 0 aliphatic carbocycles. The van der Waals surface area contributed by atoms with Crippen molar-refractivity contribution in [1.29, 1.82) is 0 Å². The minimum atomic E-state index is 0.251. The molecule has 2 fully saturated rings. The number of rotatable bonds is 3. The van der Waals surface area contributed by atoms with Crippen LogP contribution in [0.2, 0.25) is 0 Å². The normalized spacial score (nSPS) is 23.5. The van der Waals surface area contributed by atoms with Gasteiger partial charge in [0, 0.05) is 38.8 Å². The molecular formula is C18H29N3O2. The highest BCUT2D eigenvalue weighted by molar-refractivity contribution is 5.75. The highest BCUT2D eigenvalue weighted by Gasteiger charge is 2.35. The number of carbonyl (C=O) groups is 1. The number of carbonyl (C=O) groups excluding carboxylic acids is 1. The molecule has 2 saturated heterocycles. The van der Waals surface area contributed by atoms with E-state index in [1.54, 1.807) is 6.26 Å². The Hall–Kier alpha value is -1.49. The van der Waals surface area contributed by atoms with E-state index in [1.165, 1.54) is 6.42 Å². The molecule has 0 N–H and O–H groups in total. The van der Waals surface area contributed by atoms with Gasteiger partial charge in [-0.3, -0.25) is 4.90 Å². The Labute approximate surface area is 139 Å². The Bertz CT molecular complexity index is 494. The van der Waals surface area contributed by atoms with Crippen molar-refractivity contribution >= 4 is 6.03 Å². The van der Waals surface area contributed by atoms with Crippen LogP contribution in [-0.4, -0.2) is 59.5 Å². The molecule has 23 heavy (non-hydrogen) atoms. The zero-order chi connectivity index (χ0) is 16.2. The van der Waals surface area contributed by atoms with Crippen LogP contribution < -0.4 is 0 Å². The van der Waals surface area contributed by atoms with Crippen molar-refractivity contribution in [1.82, 2.24) is 14.7 Å². The summed E-state index contributed by atoms with van der Waals surface area (Å²) in [5.41, 5.74) is 0. The fourth-order valence-electron chi connectivity index (χ4n) is 3.71. The van der Waals surface area contributed by atoms with Crippen molar-refractivity contribution in [2.75, 3.05) is 32.7 Å². The van der Waals surface area contributed by atoms with Crippen LogP contribution in [0.1, 0.15) is 38.9 Å². The van der Waals surface area contributed by atoms with Gasteiger partial charge in [-0.25, -0.2) is 4.79 Å². The second-order valence-electron chi connectivity index (χ2n) is 7.15. The van der Waals surface area contributed by atoms with Gasteiger partial charge in [0.1, 0.15) is 5.76 Å². The summed E-state index contributed by atoms with van der Waals surface area (Å²) in [5, 5.41) is 0. The first-order valence-electron chi connectivity index (χ1n) is 8.95. The van der Waals surface area contributed by atoms with Crippen LogP contribution in [-0.2, 0) is 6.54 Å². The van der Waals surface area contributed by atoms with Crippen molar-refractivity contribution < 1.29 is 9.21 Å². The maximum atomic E-state index is 12.9. The SMILES string of the molecule is CC(C)[C@H]1CN(Cc2ccco2)CCN1C(=O)N1CCCCC1. The largest absolute Gasteiger partial charge is 0.468 e. The van der Waals surface area contributed by atoms with Crippen LogP contribution in [0.15, 0.2) is 22.8 Å². The third-order valence-corrected chi connectivity index (χ3v) is 5.10. The van der Waals surface area contributed by atoms with Crippen molar-refractivity contribution in [3.63, 3.8) is 0 Å². The standard InChI is InChI=1S/C18H29N3O2/c1-15(2)17-14-19(13-16-7-6-12-23-16)10-11-21(17)18(22)20-8-4-3-5-9-20/h6-7,12,15,17H,3-5,8-11,13-14H2,1-2H3/t17-/m1/s1. The molecule has 0 aromatic carbocycles. The van der Waals surface area contributed by atoms with Gasteiger partial charge in [-0.2, -0.15) is 0 Å². The van der Waals surface area contributed by atoms with Gasteiger partial charge < -0.3 is 14.2 Å². The molecular weight excluding hydrogens is 290 g/mol. The summed E-state index contributed by atoms with van der Waals surface area (Å²) in [7, 11) is 0. The maximum Gasteiger partial charge on any atom is 0.320 e. The van der Waals surface area contributed by atoms with Crippen LogP contribution in [0, 0.1) is 5.92 Å². The third kappa shape index (κ3) is 3.89. The minimum Gasteiger partial charge on any atom is -0.468 e. The number of urea groups is 1. The van der Waals surface area contributed by atoms with E-state index >= 15 is 0 Å². The lowest BCUT2D eigenvalue weighted by molar-refractivity contribution is 0.0473. The number of hydrogen-bond donors (Lipinski definition) is 0. The second kappa shape index (κ2) is 7.39. The number of likely N-dealkylation sites (tertiary alicyclic amines) is 1. The minimum absolute atomic E-state index is 0.251. The average Bonchev–Trinajstić information content (AvgIpc) is 3.08. The zero-order valence-corrected chi connectivity index (χ0v) is 14.4. The van der Waals surface area contributed by atoms with Crippen molar-refractivity contribution in [2.45, 2.75) is 45.7 Å². The second-order valence-corrected chi connectivity index (χ2v) is 7.15. The quantitative estimate of drug-likeness (QED) is 0.860. The lowest BCUT2D eigenvalue weighted by atomic mass is 9.99. The predicted molar refractivity (Wildman–Crippen MR) is 90.1 cm³/mol. The van der Waals surface area contributed by atoms with Gasteiger partial charge in [0.15, 0.2) is 0 Å². The van der Waals surface area contributed by atoms with Crippen LogP contribution in [0.3, 0.4) is 0 Å². The monoisotopic (exact) mass is 319 g/mol. The van der Waals surface area contributed by atoms with Crippen LogP contribution in [0.4, 0.5) is 4.79 Å². The van der Waals surface area contributed by atoms with Crippen molar-refractivity contribution in [2.24, 2.45) is 5.92 Å². The molecule has 5 heteroatoms. The van der Waals surface area contributed by atoms with E-state index in [0.29, 0.717) is 5.92 Å². The van der Waals surface area contributed by atoms with Gasteiger partial charge >= 0.3 is 6.03 Å². The number of hydrogen-bond acceptors (Lipinski definition) is 3. The summed E-state index contributed by atoms with van der Waals surface area (Å²) < 4.78 is 5.47. The molecule has 2 aliphatic heterocycles. The fraction of sp³-hybridized carbons (Fsp3) is 0.722. The Morgan fingerprint density at radius 2 is 2.00 bits per heavy atom. The van der Waals surface area contributed by atoms with E-state index in [4.69, 9.17) is 4.42 Å². The lowest BCUT2D eigenvalue weighted by Gasteiger charge is -2.45. The van der Waals surface area contributed by atoms with Crippen LogP contribution in [0.25, 0.3) is 0 Å². The number of piperidine rings is 1. The number of amides is 2. The first-order valence-corrected chi connectivity index (χ1v) is 8.95. The molecule has 1 atom stereocenters. The molecule has 1 aromatic heterocycles.